The molecule has 1 amide bonds. The Balaban J connectivity index is 1.69. The van der Waals surface area contributed by atoms with E-state index in [1.54, 1.807) is 30.5 Å². The van der Waals surface area contributed by atoms with Crippen molar-refractivity contribution in [3.63, 3.8) is 0 Å². The number of nitrogens with two attached hydrogens (primary N) is 1. The molecule has 0 aliphatic carbocycles. The number of morpholine rings is 1. The molecule has 23 heavy (non-hydrogen) atoms. The summed E-state index contributed by atoms with van der Waals surface area (Å²) in [5.41, 5.74) is 7.84. The van der Waals surface area contributed by atoms with Crippen molar-refractivity contribution in [3.05, 3.63) is 53.7 Å². The van der Waals surface area contributed by atoms with Crippen LogP contribution in [0.15, 0.2) is 42.6 Å². The minimum Gasteiger partial charge on any atom is -0.399 e. The van der Waals surface area contributed by atoms with Gasteiger partial charge in [0.2, 0.25) is 0 Å². The first-order chi connectivity index (χ1) is 11.2. The number of hydrogen-bond donors (Lipinski definition) is 2. The monoisotopic (exact) mass is 312 g/mol. The molecule has 6 heteroatoms. The first-order valence-corrected chi connectivity index (χ1v) is 7.64. The maximum atomic E-state index is 12.2. The van der Waals surface area contributed by atoms with Gasteiger partial charge in [-0.25, -0.2) is 4.98 Å². The van der Waals surface area contributed by atoms with Gasteiger partial charge < -0.3 is 20.7 Å². The van der Waals surface area contributed by atoms with Gasteiger partial charge in [0, 0.05) is 42.6 Å². The van der Waals surface area contributed by atoms with E-state index in [1.807, 2.05) is 12.1 Å². The Morgan fingerprint density at radius 1 is 1.26 bits per heavy atom. The fourth-order valence-electron chi connectivity index (χ4n) is 2.59. The van der Waals surface area contributed by atoms with Gasteiger partial charge >= 0.3 is 0 Å². The molecule has 3 rings (SSSR count). The highest BCUT2D eigenvalue weighted by Gasteiger charge is 2.16. The lowest BCUT2D eigenvalue weighted by Gasteiger charge is -2.29. The van der Waals surface area contributed by atoms with Gasteiger partial charge in [0.15, 0.2) is 0 Å². The van der Waals surface area contributed by atoms with Gasteiger partial charge in [-0.2, -0.15) is 0 Å². The maximum Gasteiger partial charge on any atom is 0.251 e. The number of nitrogens with zero attached hydrogens (tertiary/aromatic N) is 2. The van der Waals surface area contributed by atoms with Gasteiger partial charge in [-0.15, -0.1) is 0 Å². The van der Waals surface area contributed by atoms with Gasteiger partial charge in [0.05, 0.1) is 13.2 Å². The van der Waals surface area contributed by atoms with E-state index in [2.05, 4.69) is 15.2 Å². The molecule has 1 aliphatic heterocycles. The fourth-order valence-corrected chi connectivity index (χ4v) is 2.59. The number of benzene rings is 1. The zero-order valence-electron chi connectivity index (χ0n) is 12.9. The number of aromatic nitrogens is 1. The molecule has 2 heterocycles. The van der Waals surface area contributed by atoms with E-state index in [9.17, 15) is 4.79 Å². The highest BCUT2D eigenvalue weighted by molar-refractivity contribution is 5.95. The highest BCUT2D eigenvalue weighted by atomic mass is 16.5. The zero-order chi connectivity index (χ0) is 16.1. The highest BCUT2D eigenvalue weighted by Crippen LogP contribution is 2.18. The van der Waals surface area contributed by atoms with Crippen LogP contribution in [0.2, 0.25) is 0 Å². The molecule has 1 aliphatic rings. The summed E-state index contributed by atoms with van der Waals surface area (Å²) in [5, 5.41) is 2.93. The van der Waals surface area contributed by atoms with Gasteiger partial charge in [-0.3, -0.25) is 4.79 Å². The standard InChI is InChI=1S/C17H20N4O2/c18-15-5-1-3-13(11-15)17(22)20-12-14-4-2-6-19-16(14)21-7-9-23-10-8-21/h1-6,11H,7-10,12,18H2,(H,20,22). The van der Waals surface area contributed by atoms with Crippen molar-refractivity contribution < 1.29 is 9.53 Å². The summed E-state index contributed by atoms with van der Waals surface area (Å²) in [5.74, 6) is 0.762. The molecule has 0 saturated carbocycles. The molecular formula is C17H20N4O2. The second-order valence-electron chi connectivity index (χ2n) is 5.39. The Labute approximate surface area is 135 Å². The summed E-state index contributed by atoms with van der Waals surface area (Å²) in [6.07, 6.45) is 1.77. The molecule has 1 aromatic carbocycles. The normalized spacial score (nSPS) is 14.5. The van der Waals surface area contributed by atoms with Crippen molar-refractivity contribution in [3.8, 4) is 0 Å². The predicted molar refractivity (Wildman–Crippen MR) is 89.3 cm³/mol. The van der Waals surface area contributed by atoms with Crippen LogP contribution in [0.4, 0.5) is 11.5 Å². The molecule has 0 radical (unpaired) electrons. The number of nitrogens with one attached hydrogen (secondary N) is 1. The summed E-state index contributed by atoms with van der Waals surface area (Å²) >= 11 is 0. The van der Waals surface area contributed by atoms with Crippen molar-refractivity contribution in [1.29, 1.82) is 0 Å². The number of ether oxygens (including phenoxy) is 1. The van der Waals surface area contributed by atoms with Crippen molar-refractivity contribution in [2.24, 2.45) is 0 Å². The zero-order valence-corrected chi connectivity index (χ0v) is 12.9. The van der Waals surface area contributed by atoms with Gasteiger partial charge in [0.1, 0.15) is 5.82 Å². The second kappa shape index (κ2) is 7.11. The lowest BCUT2D eigenvalue weighted by molar-refractivity contribution is 0.0950. The average molecular weight is 312 g/mol. The molecule has 0 bridgehead atoms. The topological polar surface area (TPSA) is 80.5 Å². The Bertz CT molecular complexity index is 684. The van der Waals surface area contributed by atoms with Crippen LogP contribution in [0.1, 0.15) is 15.9 Å². The Kier molecular flexibility index (Phi) is 4.73. The average Bonchev–Trinajstić information content (AvgIpc) is 2.60. The first-order valence-electron chi connectivity index (χ1n) is 7.64. The molecule has 2 aromatic rings. The third kappa shape index (κ3) is 3.78. The lowest BCUT2D eigenvalue weighted by atomic mass is 10.1. The van der Waals surface area contributed by atoms with E-state index < -0.39 is 0 Å². The van der Waals surface area contributed by atoms with E-state index in [0.29, 0.717) is 31.0 Å². The number of nitrogen functional groups attached to an aromatic ring is 1. The smallest absolute Gasteiger partial charge is 0.251 e. The van der Waals surface area contributed by atoms with Crippen molar-refractivity contribution in [1.82, 2.24) is 10.3 Å². The summed E-state index contributed by atoms with van der Waals surface area (Å²) in [6.45, 7) is 3.45. The molecule has 1 fully saturated rings. The number of anilines is 2. The third-order valence-electron chi connectivity index (χ3n) is 3.77. The number of rotatable bonds is 4. The predicted octanol–water partition coefficient (Wildman–Crippen LogP) is 1.43. The van der Waals surface area contributed by atoms with E-state index in [0.717, 1.165) is 24.5 Å². The summed E-state index contributed by atoms with van der Waals surface area (Å²) in [6, 6.07) is 10.8. The van der Waals surface area contributed by atoms with Crippen LogP contribution in [0.25, 0.3) is 0 Å². The number of pyridine rings is 1. The van der Waals surface area contributed by atoms with Crippen LogP contribution in [0.3, 0.4) is 0 Å². The van der Waals surface area contributed by atoms with Crippen molar-refractivity contribution in [2.75, 3.05) is 36.9 Å². The second-order valence-corrected chi connectivity index (χ2v) is 5.39. The fraction of sp³-hybridized carbons (Fsp3) is 0.294. The minimum atomic E-state index is -0.144. The van der Waals surface area contributed by atoms with Crippen LogP contribution < -0.4 is 16.0 Å². The van der Waals surface area contributed by atoms with Crippen LogP contribution >= 0.6 is 0 Å². The molecule has 3 N–H and O–H groups in total. The Morgan fingerprint density at radius 3 is 2.87 bits per heavy atom. The summed E-state index contributed by atoms with van der Waals surface area (Å²) < 4.78 is 5.38. The van der Waals surface area contributed by atoms with E-state index in [-0.39, 0.29) is 5.91 Å². The molecule has 6 nitrogen and oxygen atoms in total. The van der Waals surface area contributed by atoms with Crippen molar-refractivity contribution in [2.45, 2.75) is 6.54 Å². The summed E-state index contributed by atoms with van der Waals surface area (Å²) in [4.78, 5) is 18.9. The maximum absolute atomic E-state index is 12.2. The SMILES string of the molecule is Nc1cccc(C(=O)NCc2cccnc2N2CCOCC2)c1. The first kappa shape index (κ1) is 15.3. The van der Waals surface area contributed by atoms with Crippen molar-refractivity contribution >= 4 is 17.4 Å². The molecule has 0 atom stereocenters. The van der Waals surface area contributed by atoms with Gasteiger partial charge in [-0.1, -0.05) is 12.1 Å². The van der Waals surface area contributed by atoms with E-state index in [4.69, 9.17) is 10.5 Å². The lowest BCUT2D eigenvalue weighted by Crippen LogP contribution is -2.37. The molecular weight excluding hydrogens is 292 g/mol. The van der Waals surface area contributed by atoms with E-state index >= 15 is 0 Å². The van der Waals surface area contributed by atoms with E-state index in [1.165, 1.54) is 0 Å². The largest absolute Gasteiger partial charge is 0.399 e. The molecule has 0 unspecified atom stereocenters. The minimum absolute atomic E-state index is 0.144. The quantitative estimate of drug-likeness (QED) is 0.835. The Hall–Kier alpha value is -2.60. The van der Waals surface area contributed by atoms with Crippen LogP contribution in [-0.2, 0) is 11.3 Å². The molecule has 0 spiro atoms. The van der Waals surface area contributed by atoms with Crippen LogP contribution in [0.5, 0.6) is 0 Å². The number of hydrogen-bond acceptors (Lipinski definition) is 5. The Morgan fingerprint density at radius 2 is 2.09 bits per heavy atom. The van der Waals surface area contributed by atoms with Gasteiger partial charge in [-0.05, 0) is 24.3 Å². The van der Waals surface area contributed by atoms with Gasteiger partial charge in [0.25, 0.3) is 5.91 Å². The molecule has 120 valence electrons. The number of carbonyl (C=O) groups excluding carboxylic acids is 1. The third-order valence-corrected chi connectivity index (χ3v) is 3.77. The van der Waals surface area contributed by atoms with Crippen LogP contribution in [-0.4, -0.2) is 37.2 Å². The molecule has 1 aromatic heterocycles. The number of carbonyl (C=O) groups is 1. The molecule has 1 saturated heterocycles. The summed E-state index contributed by atoms with van der Waals surface area (Å²) in [7, 11) is 0. The van der Waals surface area contributed by atoms with Crippen LogP contribution in [0, 0.1) is 0 Å². The number of amides is 1.